The lowest BCUT2D eigenvalue weighted by Crippen LogP contribution is -2.62. The van der Waals surface area contributed by atoms with Crippen LogP contribution in [0.3, 0.4) is 0 Å². The number of alkyl carbamates (subject to hydrolysis) is 1. The number of aromatic nitrogens is 2. The van der Waals surface area contributed by atoms with Crippen LogP contribution in [0.5, 0.6) is 0 Å². The van der Waals surface area contributed by atoms with Gasteiger partial charge in [0.25, 0.3) is 0 Å². The van der Waals surface area contributed by atoms with Crippen LogP contribution in [0.15, 0.2) is 42.9 Å². The first-order valence-electron chi connectivity index (χ1n) is 15.6. The average Bonchev–Trinajstić information content (AvgIpc) is 3.51. The van der Waals surface area contributed by atoms with Gasteiger partial charge in [0.15, 0.2) is 0 Å². The van der Waals surface area contributed by atoms with E-state index in [-0.39, 0.29) is 38.2 Å². The highest BCUT2D eigenvalue weighted by Gasteiger charge is 2.50. The van der Waals surface area contributed by atoms with Crippen molar-refractivity contribution in [2.75, 3.05) is 46.6 Å². The Morgan fingerprint density at radius 3 is 2.35 bits per heavy atom. The number of imidazole rings is 1. The lowest BCUT2D eigenvalue weighted by atomic mass is 10.0. The van der Waals surface area contributed by atoms with E-state index in [9.17, 15) is 32.7 Å². The molecule has 2 aromatic rings. The van der Waals surface area contributed by atoms with Crippen LogP contribution in [-0.2, 0) is 32.0 Å². The van der Waals surface area contributed by atoms with Crippen molar-refractivity contribution in [3.63, 3.8) is 0 Å². The Bertz CT molecular complexity index is 1340. The molecule has 0 bridgehead atoms. The highest BCUT2D eigenvalue weighted by molar-refractivity contribution is 5.77. The third-order valence-corrected chi connectivity index (χ3v) is 8.01. The molecule has 0 saturated carbocycles. The number of halogens is 3. The number of aliphatic hydroxyl groups excluding tert-OH is 1. The first-order valence-corrected chi connectivity index (χ1v) is 15.6. The SMILES string of the molecule is COC(C)(C)CCOC(C)(C)CCOC(=O)N1CCN(C(=O)n2cnc(CC(CO)NC(=O)OCc3ccccc3)c2)CC1C(F)(F)F. The smallest absolute Gasteiger partial charge is 0.410 e. The Morgan fingerprint density at radius 2 is 1.71 bits per heavy atom. The molecule has 2 atom stereocenters. The van der Waals surface area contributed by atoms with Crippen molar-refractivity contribution in [3.05, 3.63) is 54.1 Å². The molecule has 1 saturated heterocycles. The number of aliphatic hydroxyl groups is 1. The quantitative estimate of drug-likeness (QED) is 0.296. The summed E-state index contributed by atoms with van der Waals surface area (Å²) in [5.74, 6) is 0. The van der Waals surface area contributed by atoms with Gasteiger partial charge in [-0.15, -0.1) is 0 Å². The van der Waals surface area contributed by atoms with Crippen LogP contribution < -0.4 is 5.32 Å². The minimum Gasteiger partial charge on any atom is -0.449 e. The van der Waals surface area contributed by atoms with Gasteiger partial charge in [-0.2, -0.15) is 13.2 Å². The third-order valence-electron chi connectivity index (χ3n) is 8.01. The van der Waals surface area contributed by atoms with Gasteiger partial charge < -0.3 is 34.3 Å². The number of carbonyl (C=O) groups is 3. The second kappa shape index (κ2) is 17.0. The number of ether oxygens (including phenoxy) is 4. The second-order valence-corrected chi connectivity index (χ2v) is 12.7. The van der Waals surface area contributed by atoms with E-state index in [4.69, 9.17) is 18.9 Å². The van der Waals surface area contributed by atoms with Crippen LogP contribution in [-0.4, -0.2) is 119 Å². The van der Waals surface area contributed by atoms with Gasteiger partial charge in [0, 0.05) is 39.2 Å². The Morgan fingerprint density at radius 1 is 1.02 bits per heavy atom. The van der Waals surface area contributed by atoms with Crippen LogP contribution in [0.1, 0.15) is 51.8 Å². The summed E-state index contributed by atoms with van der Waals surface area (Å²) in [4.78, 5) is 43.8. The zero-order valence-electron chi connectivity index (χ0n) is 28.0. The van der Waals surface area contributed by atoms with Crippen LogP contribution >= 0.6 is 0 Å². The molecule has 3 amide bonds. The van der Waals surface area contributed by atoms with Crippen molar-refractivity contribution >= 4 is 18.2 Å². The molecule has 16 heteroatoms. The molecule has 13 nitrogen and oxygen atoms in total. The molecule has 0 spiro atoms. The van der Waals surface area contributed by atoms with E-state index in [1.54, 1.807) is 45.2 Å². The maximum absolute atomic E-state index is 14.1. The van der Waals surface area contributed by atoms with Crippen molar-refractivity contribution in [3.8, 4) is 0 Å². The summed E-state index contributed by atoms with van der Waals surface area (Å²) in [5, 5.41) is 12.3. The first-order chi connectivity index (χ1) is 22.5. The molecule has 268 valence electrons. The van der Waals surface area contributed by atoms with Gasteiger partial charge in [-0.05, 0) is 39.7 Å². The maximum atomic E-state index is 14.1. The van der Waals surface area contributed by atoms with Gasteiger partial charge in [0.05, 0.1) is 49.3 Å². The molecule has 0 radical (unpaired) electrons. The standard InChI is InChI=1S/C32H46F3N5O8/c1-30(2,45-5)12-16-48-31(3,4)11-15-46-29(44)40-14-13-38(19-26(40)32(33,34)35)28(43)39-18-24(36-22-39)17-25(20-41)37-27(42)47-21-23-9-7-6-8-10-23/h6-10,18,22,25-26,41H,11-17,19-21H2,1-5H3,(H,37,42). The van der Waals surface area contributed by atoms with E-state index >= 15 is 0 Å². The molecule has 2 unspecified atom stereocenters. The zero-order chi connectivity index (χ0) is 35.5. The van der Waals surface area contributed by atoms with E-state index in [1.807, 2.05) is 19.9 Å². The summed E-state index contributed by atoms with van der Waals surface area (Å²) in [6, 6.07) is 5.15. The first kappa shape index (κ1) is 38.6. The molecule has 2 N–H and O–H groups in total. The number of piperazine rings is 1. The number of carbonyl (C=O) groups excluding carboxylic acids is 3. The molecule has 1 aliphatic heterocycles. The van der Waals surface area contributed by atoms with E-state index in [0.717, 1.165) is 21.4 Å². The fraction of sp³-hybridized carbons (Fsp3) is 0.625. The van der Waals surface area contributed by atoms with Gasteiger partial charge in [0.2, 0.25) is 0 Å². The molecule has 1 aliphatic rings. The summed E-state index contributed by atoms with van der Waals surface area (Å²) < 4.78 is 64.9. The highest BCUT2D eigenvalue weighted by atomic mass is 19.4. The summed E-state index contributed by atoms with van der Waals surface area (Å²) >= 11 is 0. The molecule has 2 heterocycles. The number of amides is 3. The van der Waals surface area contributed by atoms with Gasteiger partial charge in [-0.3, -0.25) is 9.47 Å². The summed E-state index contributed by atoms with van der Waals surface area (Å²) in [7, 11) is 1.60. The summed E-state index contributed by atoms with van der Waals surface area (Å²) in [6.45, 7) is 5.86. The lowest BCUT2D eigenvalue weighted by molar-refractivity contribution is -0.188. The minimum absolute atomic E-state index is 0.0228. The Kier molecular flexibility index (Phi) is 13.6. The minimum atomic E-state index is -4.83. The number of rotatable bonds is 14. The van der Waals surface area contributed by atoms with Crippen LogP contribution in [0.2, 0.25) is 0 Å². The fourth-order valence-electron chi connectivity index (χ4n) is 4.75. The largest absolute Gasteiger partial charge is 0.449 e. The predicted octanol–water partition coefficient (Wildman–Crippen LogP) is 4.37. The number of benzene rings is 1. The van der Waals surface area contributed by atoms with E-state index in [0.29, 0.717) is 23.6 Å². The normalized spacial score (nSPS) is 16.4. The Balaban J connectivity index is 1.52. The van der Waals surface area contributed by atoms with Crippen molar-refractivity contribution < 1.29 is 51.6 Å². The number of hydrogen-bond acceptors (Lipinski definition) is 9. The topological polar surface area (TPSA) is 145 Å². The van der Waals surface area contributed by atoms with Gasteiger partial charge in [-0.1, -0.05) is 30.3 Å². The highest BCUT2D eigenvalue weighted by Crippen LogP contribution is 2.29. The van der Waals surface area contributed by atoms with E-state index < -0.39 is 61.8 Å². The van der Waals surface area contributed by atoms with Gasteiger partial charge in [-0.25, -0.2) is 19.4 Å². The molecular formula is C32H46F3N5O8. The van der Waals surface area contributed by atoms with Crippen molar-refractivity contribution in [2.24, 2.45) is 0 Å². The lowest BCUT2D eigenvalue weighted by Gasteiger charge is -2.41. The number of alkyl halides is 3. The Labute approximate surface area is 278 Å². The molecule has 1 fully saturated rings. The molecular weight excluding hydrogens is 639 g/mol. The second-order valence-electron chi connectivity index (χ2n) is 12.7. The van der Waals surface area contributed by atoms with Crippen LogP contribution in [0.25, 0.3) is 0 Å². The average molecular weight is 686 g/mol. The van der Waals surface area contributed by atoms with Crippen molar-refractivity contribution in [1.82, 2.24) is 24.7 Å². The number of hydrogen-bond donors (Lipinski definition) is 2. The van der Waals surface area contributed by atoms with Crippen LogP contribution in [0.4, 0.5) is 27.6 Å². The van der Waals surface area contributed by atoms with E-state index in [2.05, 4.69) is 10.3 Å². The van der Waals surface area contributed by atoms with E-state index in [1.165, 1.54) is 6.20 Å². The molecule has 3 rings (SSSR count). The fourth-order valence-corrected chi connectivity index (χ4v) is 4.75. The summed E-state index contributed by atoms with van der Waals surface area (Å²) in [6.07, 6.45) is -3.37. The molecule has 1 aromatic heterocycles. The molecule has 0 aliphatic carbocycles. The third kappa shape index (κ3) is 12.0. The van der Waals surface area contributed by atoms with Crippen LogP contribution in [0, 0.1) is 0 Å². The zero-order valence-corrected chi connectivity index (χ0v) is 28.0. The van der Waals surface area contributed by atoms with Gasteiger partial charge in [0.1, 0.15) is 19.0 Å². The number of nitrogens with one attached hydrogen (secondary N) is 1. The van der Waals surface area contributed by atoms with Crippen molar-refractivity contribution in [1.29, 1.82) is 0 Å². The Hall–Kier alpha value is -3.89. The van der Waals surface area contributed by atoms with Gasteiger partial charge >= 0.3 is 24.4 Å². The monoisotopic (exact) mass is 685 g/mol. The summed E-state index contributed by atoms with van der Waals surface area (Å²) in [5.41, 5.74) is 0.00920. The molecule has 48 heavy (non-hydrogen) atoms. The maximum Gasteiger partial charge on any atom is 0.410 e. The number of nitrogens with zero attached hydrogens (tertiary/aromatic N) is 4. The predicted molar refractivity (Wildman–Crippen MR) is 167 cm³/mol. The molecule has 1 aromatic carbocycles. The van der Waals surface area contributed by atoms with Crippen molar-refractivity contribution in [2.45, 2.75) is 83.0 Å². The number of methoxy groups -OCH3 is 1.